The lowest BCUT2D eigenvalue weighted by atomic mass is 10.1. The van der Waals surface area contributed by atoms with Crippen molar-refractivity contribution in [2.75, 3.05) is 0 Å². The zero-order valence-corrected chi connectivity index (χ0v) is 8.88. The van der Waals surface area contributed by atoms with Gasteiger partial charge in [-0.15, -0.1) is 0 Å². The molecule has 13 heavy (non-hydrogen) atoms. The summed E-state index contributed by atoms with van der Waals surface area (Å²) in [4.78, 5) is 10.3. The first-order valence-electron chi connectivity index (χ1n) is 3.68. The molecule has 0 aliphatic carbocycles. The molecule has 1 aromatic carbocycles. The molecule has 0 aliphatic heterocycles. The second kappa shape index (κ2) is 3.79. The molecule has 0 saturated heterocycles. The molecular weight excluding hydrogens is 236 g/mol. The van der Waals surface area contributed by atoms with Crippen LogP contribution in [0.3, 0.4) is 0 Å². The van der Waals surface area contributed by atoms with Crippen LogP contribution < -0.4 is 4.74 Å². The Bertz CT molecular complexity index is 347. The third kappa shape index (κ3) is 2.45. The Morgan fingerprint density at radius 2 is 2.08 bits per heavy atom. The highest BCUT2D eigenvalue weighted by atomic mass is 79.9. The number of aryl methyl sites for hydroxylation is 1. The van der Waals surface area contributed by atoms with E-state index < -0.39 is 6.16 Å². The fraction of sp³-hybridized carbons (Fsp3) is 0.222. The fourth-order valence-corrected chi connectivity index (χ4v) is 1.54. The van der Waals surface area contributed by atoms with Crippen molar-refractivity contribution < 1.29 is 14.6 Å². The molecule has 1 N–H and O–H groups in total. The van der Waals surface area contributed by atoms with Crippen molar-refractivity contribution in [2.24, 2.45) is 0 Å². The molecule has 0 aromatic heterocycles. The molecule has 1 aromatic rings. The standard InChI is InChI=1S/C9H9BrO3/c1-5-3-7(10)6(2)8(4-5)13-9(11)12/h3-4H,1-2H3,(H,11,12). The van der Waals surface area contributed by atoms with Crippen LogP contribution in [0, 0.1) is 13.8 Å². The van der Waals surface area contributed by atoms with E-state index in [9.17, 15) is 4.79 Å². The molecule has 0 saturated carbocycles. The number of halogens is 1. The first-order chi connectivity index (χ1) is 6.00. The summed E-state index contributed by atoms with van der Waals surface area (Å²) in [6.45, 7) is 3.67. The van der Waals surface area contributed by atoms with Crippen LogP contribution in [0.5, 0.6) is 5.75 Å². The summed E-state index contributed by atoms with van der Waals surface area (Å²) in [6.07, 6.45) is -1.29. The smallest absolute Gasteiger partial charge is 0.449 e. The summed E-state index contributed by atoms with van der Waals surface area (Å²) < 4.78 is 5.44. The van der Waals surface area contributed by atoms with Crippen molar-refractivity contribution in [2.45, 2.75) is 13.8 Å². The quantitative estimate of drug-likeness (QED) is 0.610. The maximum Gasteiger partial charge on any atom is 0.511 e. The Morgan fingerprint density at radius 3 is 2.62 bits per heavy atom. The summed E-state index contributed by atoms with van der Waals surface area (Å²) in [6, 6.07) is 3.60. The van der Waals surface area contributed by atoms with Crippen LogP contribution in [0.1, 0.15) is 11.1 Å². The number of carboxylic acid groups (broad SMARTS) is 1. The van der Waals surface area contributed by atoms with Gasteiger partial charge in [-0.2, -0.15) is 0 Å². The average Bonchev–Trinajstić information content (AvgIpc) is 1.98. The first kappa shape index (κ1) is 10.1. The van der Waals surface area contributed by atoms with Gasteiger partial charge in [0, 0.05) is 10.0 Å². The average molecular weight is 245 g/mol. The third-order valence-corrected chi connectivity index (χ3v) is 2.46. The highest BCUT2D eigenvalue weighted by molar-refractivity contribution is 9.10. The Kier molecular flexibility index (Phi) is 2.93. The SMILES string of the molecule is Cc1cc(Br)c(C)c(OC(=O)O)c1. The van der Waals surface area contributed by atoms with E-state index in [1.807, 2.05) is 13.0 Å². The minimum absolute atomic E-state index is 0.374. The molecule has 0 aliphatic rings. The van der Waals surface area contributed by atoms with E-state index in [2.05, 4.69) is 20.7 Å². The maximum atomic E-state index is 10.3. The van der Waals surface area contributed by atoms with Crippen molar-refractivity contribution in [1.82, 2.24) is 0 Å². The topological polar surface area (TPSA) is 46.5 Å². The number of ether oxygens (including phenoxy) is 1. The van der Waals surface area contributed by atoms with Crippen LogP contribution in [0.4, 0.5) is 4.79 Å². The normalized spacial score (nSPS) is 9.77. The predicted molar refractivity (Wildman–Crippen MR) is 52.3 cm³/mol. The zero-order chi connectivity index (χ0) is 10.0. The summed E-state index contributed by atoms with van der Waals surface area (Å²) in [5.74, 6) is 0.374. The minimum atomic E-state index is -1.29. The summed E-state index contributed by atoms with van der Waals surface area (Å²) in [5, 5.41) is 8.44. The Hall–Kier alpha value is -1.03. The highest BCUT2D eigenvalue weighted by Crippen LogP contribution is 2.27. The Labute approximate surface area is 84.5 Å². The van der Waals surface area contributed by atoms with Gasteiger partial charge in [0.25, 0.3) is 0 Å². The molecule has 0 amide bonds. The van der Waals surface area contributed by atoms with Gasteiger partial charge in [-0.1, -0.05) is 15.9 Å². The van der Waals surface area contributed by atoms with Crippen molar-refractivity contribution in [1.29, 1.82) is 0 Å². The van der Waals surface area contributed by atoms with Gasteiger partial charge in [0.2, 0.25) is 0 Å². The second-order valence-corrected chi connectivity index (χ2v) is 3.59. The fourth-order valence-electron chi connectivity index (χ4n) is 0.983. The van der Waals surface area contributed by atoms with E-state index in [1.165, 1.54) is 0 Å². The number of benzene rings is 1. The van der Waals surface area contributed by atoms with Crippen molar-refractivity contribution in [3.05, 3.63) is 27.7 Å². The highest BCUT2D eigenvalue weighted by Gasteiger charge is 2.07. The largest absolute Gasteiger partial charge is 0.511 e. The van der Waals surface area contributed by atoms with Crippen LogP contribution >= 0.6 is 15.9 Å². The molecule has 0 heterocycles. The lowest BCUT2D eigenvalue weighted by molar-refractivity contribution is 0.144. The molecule has 0 radical (unpaired) electrons. The zero-order valence-electron chi connectivity index (χ0n) is 7.30. The number of hydrogen-bond acceptors (Lipinski definition) is 2. The van der Waals surface area contributed by atoms with Crippen LogP contribution in [-0.4, -0.2) is 11.3 Å². The molecule has 70 valence electrons. The monoisotopic (exact) mass is 244 g/mol. The maximum absolute atomic E-state index is 10.3. The van der Waals surface area contributed by atoms with E-state index in [0.29, 0.717) is 5.75 Å². The van der Waals surface area contributed by atoms with Gasteiger partial charge in [-0.25, -0.2) is 4.79 Å². The van der Waals surface area contributed by atoms with Crippen LogP contribution in [-0.2, 0) is 0 Å². The number of rotatable bonds is 1. The van der Waals surface area contributed by atoms with Gasteiger partial charge in [0.05, 0.1) is 0 Å². The lowest BCUT2D eigenvalue weighted by Gasteiger charge is -2.07. The van der Waals surface area contributed by atoms with E-state index in [1.54, 1.807) is 13.0 Å². The molecule has 0 bridgehead atoms. The van der Waals surface area contributed by atoms with Gasteiger partial charge >= 0.3 is 6.16 Å². The van der Waals surface area contributed by atoms with Gasteiger partial charge in [-0.3, -0.25) is 0 Å². The third-order valence-electron chi connectivity index (χ3n) is 1.64. The first-order valence-corrected chi connectivity index (χ1v) is 4.47. The molecule has 1 rings (SSSR count). The van der Waals surface area contributed by atoms with Crippen LogP contribution in [0.2, 0.25) is 0 Å². The Morgan fingerprint density at radius 1 is 1.46 bits per heavy atom. The number of carbonyl (C=O) groups is 1. The molecule has 3 nitrogen and oxygen atoms in total. The lowest BCUT2D eigenvalue weighted by Crippen LogP contribution is -2.04. The van der Waals surface area contributed by atoms with E-state index in [0.717, 1.165) is 15.6 Å². The second-order valence-electron chi connectivity index (χ2n) is 2.74. The summed E-state index contributed by atoms with van der Waals surface area (Å²) in [5.41, 5.74) is 1.74. The molecule has 0 atom stereocenters. The molecule has 4 heteroatoms. The number of hydrogen-bond donors (Lipinski definition) is 1. The minimum Gasteiger partial charge on any atom is -0.449 e. The van der Waals surface area contributed by atoms with Gasteiger partial charge < -0.3 is 9.84 Å². The van der Waals surface area contributed by atoms with Crippen molar-refractivity contribution >= 4 is 22.1 Å². The molecule has 0 unspecified atom stereocenters. The molecular formula is C9H9BrO3. The van der Waals surface area contributed by atoms with Crippen molar-refractivity contribution in [3.8, 4) is 5.75 Å². The summed E-state index contributed by atoms with van der Waals surface area (Å²) >= 11 is 3.31. The molecule has 0 spiro atoms. The van der Waals surface area contributed by atoms with E-state index in [4.69, 9.17) is 5.11 Å². The van der Waals surface area contributed by atoms with E-state index in [-0.39, 0.29) is 0 Å². The van der Waals surface area contributed by atoms with Gasteiger partial charge in [-0.05, 0) is 31.5 Å². The van der Waals surface area contributed by atoms with E-state index >= 15 is 0 Å². The molecule has 0 fully saturated rings. The summed E-state index contributed by atoms with van der Waals surface area (Å²) in [7, 11) is 0. The van der Waals surface area contributed by atoms with Gasteiger partial charge in [0.1, 0.15) is 5.75 Å². The Balaban J connectivity index is 3.12. The van der Waals surface area contributed by atoms with Crippen molar-refractivity contribution in [3.63, 3.8) is 0 Å². The van der Waals surface area contributed by atoms with Crippen LogP contribution in [0.15, 0.2) is 16.6 Å². The van der Waals surface area contributed by atoms with Crippen LogP contribution in [0.25, 0.3) is 0 Å². The van der Waals surface area contributed by atoms with Gasteiger partial charge in [0.15, 0.2) is 0 Å². The predicted octanol–water partition coefficient (Wildman–Crippen LogP) is 3.12.